The predicted molar refractivity (Wildman–Crippen MR) is 103 cm³/mol. The van der Waals surface area contributed by atoms with Crippen molar-refractivity contribution in [2.45, 2.75) is 13.3 Å². The van der Waals surface area contributed by atoms with Gasteiger partial charge >= 0.3 is 5.56 Å². The number of thiazole rings is 1. The molecule has 5 nitrogen and oxygen atoms in total. The number of nitrogens with zero attached hydrogens (tertiary/aromatic N) is 3. The Kier molecular flexibility index (Phi) is 4.18. The molecule has 128 valence electrons. The Morgan fingerprint density at radius 3 is 2.46 bits per heavy atom. The van der Waals surface area contributed by atoms with E-state index in [1.165, 1.54) is 21.4 Å². The Hall–Kier alpha value is -3.12. The lowest BCUT2D eigenvalue weighted by Crippen LogP contribution is -2.26. The van der Waals surface area contributed by atoms with Crippen LogP contribution in [0.2, 0.25) is 0 Å². The van der Waals surface area contributed by atoms with Crippen molar-refractivity contribution in [1.29, 1.82) is 0 Å². The number of aromatic nitrogens is 3. The maximum Gasteiger partial charge on any atom is 0.300 e. The van der Waals surface area contributed by atoms with Crippen molar-refractivity contribution in [3.05, 3.63) is 91.0 Å². The Balaban J connectivity index is 1.88. The molecule has 0 amide bonds. The van der Waals surface area contributed by atoms with Crippen molar-refractivity contribution in [1.82, 2.24) is 14.6 Å². The summed E-state index contributed by atoms with van der Waals surface area (Å²) in [6, 6.07) is 17.1. The van der Waals surface area contributed by atoms with E-state index in [0.717, 1.165) is 12.0 Å². The molecule has 0 radical (unpaired) electrons. The molecule has 0 N–H and O–H groups in total. The zero-order valence-electron chi connectivity index (χ0n) is 14.0. The predicted octanol–water partition coefficient (Wildman–Crippen LogP) is 2.29. The first-order chi connectivity index (χ1) is 12.7. The number of hydrogen-bond acceptors (Lipinski definition) is 5. The van der Waals surface area contributed by atoms with Crippen LogP contribution in [0.15, 0.2) is 64.2 Å². The third-order valence-electron chi connectivity index (χ3n) is 4.12. The number of rotatable bonds is 3. The SMILES string of the molecule is CCc1ccc(/C=c2/sc3nc(=O)c(-c4ccccc4)nn3c2=O)cc1. The molecule has 2 aromatic carbocycles. The molecule has 6 heteroatoms. The molecular formula is C20H15N3O2S. The van der Waals surface area contributed by atoms with Crippen molar-refractivity contribution in [2.75, 3.05) is 0 Å². The highest BCUT2D eigenvalue weighted by atomic mass is 32.1. The van der Waals surface area contributed by atoms with Gasteiger partial charge in [-0.3, -0.25) is 9.59 Å². The first-order valence-electron chi connectivity index (χ1n) is 8.25. The van der Waals surface area contributed by atoms with E-state index in [-0.39, 0.29) is 11.3 Å². The number of hydrogen-bond donors (Lipinski definition) is 0. The monoisotopic (exact) mass is 361 g/mol. The second kappa shape index (κ2) is 6.65. The van der Waals surface area contributed by atoms with E-state index in [4.69, 9.17) is 0 Å². The summed E-state index contributed by atoms with van der Waals surface area (Å²) in [6.07, 6.45) is 2.77. The molecule has 0 unspecified atom stereocenters. The highest BCUT2D eigenvalue weighted by molar-refractivity contribution is 7.15. The molecule has 0 saturated heterocycles. The topological polar surface area (TPSA) is 64.3 Å². The lowest BCUT2D eigenvalue weighted by molar-refractivity contribution is 0.873. The zero-order chi connectivity index (χ0) is 18.1. The van der Waals surface area contributed by atoms with E-state index in [2.05, 4.69) is 17.0 Å². The zero-order valence-corrected chi connectivity index (χ0v) is 14.9. The van der Waals surface area contributed by atoms with Crippen LogP contribution in [-0.2, 0) is 6.42 Å². The van der Waals surface area contributed by atoms with Gasteiger partial charge in [-0.15, -0.1) is 0 Å². The van der Waals surface area contributed by atoms with E-state index in [9.17, 15) is 9.59 Å². The van der Waals surface area contributed by atoms with E-state index in [1.807, 2.05) is 42.5 Å². The summed E-state index contributed by atoms with van der Waals surface area (Å²) < 4.78 is 1.71. The number of benzene rings is 2. The van der Waals surface area contributed by atoms with E-state index >= 15 is 0 Å². The highest BCUT2D eigenvalue weighted by Crippen LogP contribution is 2.11. The quantitative estimate of drug-likeness (QED) is 0.562. The smallest absolute Gasteiger partial charge is 0.266 e. The summed E-state index contributed by atoms with van der Waals surface area (Å²) in [6.45, 7) is 2.10. The van der Waals surface area contributed by atoms with Gasteiger partial charge in [0.2, 0.25) is 4.96 Å². The Labute approximate surface area is 152 Å². The van der Waals surface area contributed by atoms with Crippen molar-refractivity contribution >= 4 is 22.4 Å². The fraction of sp³-hybridized carbons (Fsp3) is 0.100. The van der Waals surface area contributed by atoms with Crippen LogP contribution in [0.5, 0.6) is 0 Å². The van der Waals surface area contributed by atoms with Gasteiger partial charge in [0, 0.05) is 5.56 Å². The molecule has 0 atom stereocenters. The molecule has 0 aliphatic rings. The first-order valence-corrected chi connectivity index (χ1v) is 9.07. The van der Waals surface area contributed by atoms with Gasteiger partial charge in [-0.25, -0.2) is 0 Å². The van der Waals surface area contributed by atoms with Gasteiger partial charge in [0.15, 0.2) is 5.69 Å². The summed E-state index contributed by atoms with van der Waals surface area (Å²) in [5.41, 5.74) is 2.28. The molecule has 4 aromatic rings. The lowest BCUT2D eigenvalue weighted by atomic mass is 10.1. The van der Waals surface area contributed by atoms with Crippen LogP contribution in [0.4, 0.5) is 0 Å². The molecule has 0 aliphatic carbocycles. The summed E-state index contributed by atoms with van der Waals surface area (Å²) >= 11 is 1.17. The van der Waals surface area contributed by atoms with Crippen molar-refractivity contribution in [3.8, 4) is 11.3 Å². The molecular weight excluding hydrogens is 346 g/mol. The van der Waals surface area contributed by atoms with Crippen LogP contribution in [0, 0.1) is 0 Å². The first kappa shape index (κ1) is 16.4. The molecule has 2 aromatic heterocycles. The largest absolute Gasteiger partial charge is 0.300 e. The van der Waals surface area contributed by atoms with Crippen LogP contribution in [0.25, 0.3) is 22.3 Å². The third kappa shape index (κ3) is 2.95. The van der Waals surface area contributed by atoms with Gasteiger partial charge in [0.1, 0.15) is 0 Å². The molecule has 0 fully saturated rings. The molecule has 2 heterocycles. The number of fused-ring (bicyclic) bond motifs is 1. The fourth-order valence-corrected chi connectivity index (χ4v) is 3.59. The highest BCUT2D eigenvalue weighted by Gasteiger charge is 2.12. The Morgan fingerprint density at radius 2 is 1.77 bits per heavy atom. The maximum absolute atomic E-state index is 12.7. The van der Waals surface area contributed by atoms with Crippen LogP contribution >= 0.6 is 11.3 Å². The average molecular weight is 361 g/mol. The minimum atomic E-state index is -0.434. The minimum absolute atomic E-state index is 0.178. The lowest BCUT2D eigenvalue weighted by Gasteiger charge is -1.98. The van der Waals surface area contributed by atoms with Crippen LogP contribution in [-0.4, -0.2) is 14.6 Å². The normalized spacial score (nSPS) is 12.0. The molecule has 0 bridgehead atoms. The summed E-state index contributed by atoms with van der Waals surface area (Å²) in [4.78, 5) is 29.3. The van der Waals surface area contributed by atoms with E-state index in [1.54, 1.807) is 18.2 Å². The van der Waals surface area contributed by atoms with Crippen molar-refractivity contribution in [3.63, 3.8) is 0 Å². The van der Waals surface area contributed by atoms with Gasteiger partial charge in [0.25, 0.3) is 5.56 Å². The molecule has 0 spiro atoms. The Bertz CT molecular complexity index is 1240. The third-order valence-corrected chi connectivity index (χ3v) is 5.08. The van der Waals surface area contributed by atoms with Gasteiger partial charge in [-0.1, -0.05) is 72.9 Å². The minimum Gasteiger partial charge on any atom is -0.266 e. The summed E-state index contributed by atoms with van der Waals surface area (Å²) in [5.74, 6) is 0. The maximum atomic E-state index is 12.7. The molecule has 26 heavy (non-hydrogen) atoms. The van der Waals surface area contributed by atoms with E-state index in [0.29, 0.717) is 15.1 Å². The van der Waals surface area contributed by atoms with Gasteiger partial charge < -0.3 is 0 Å². The van der Waals surface area contributed by atoms with Gasteiger partial charge in [0.05, 0.1) is 4.53 Å². The fourth-order valence-electron chi connectivity index (χ4n) is 2.69. The molecule has 0 saturated carbocycles. The van der Waals surface area contributed by atoms with Crippen molar-refractivity contribution in [2.24, 2.45) is 0 Å². The summed E-state index contributed by atoms with van der Waals surface area (Å²) in [5, 5.41) is 4.25. The van der Waals surface area contributed by atoms with Crippen LogP contribution in [0.1, 0.15) is 18.1 Å². The standard InChI is InChI=1S/C20H15N3O2S/c1-2-13-8-10-14(11-9-13)12-16-19(25)23-20(26-16)21-18(24)17(22-23)15-6-4-3-5-7-15/h3-12H,2H2,1H3/b16-12+. The van der Waals surface area contributed by atoms with Gasteiger partial charge in [-0.2, -0.15) is 14.6 Å². The van der Waals surface area contributed by atoms with E-state index < -0.39 is 5.56 Å². The molecule has 4 rings (SSSR count). The molecule has 0 aliphatic heterocycles. The second-order valence-corrected chi connectivity index (χ2v) is 6.85. The second-order valence-electron chi connectivity index (χ2n) is 5.84. The van der Waals surface area contributed by atoms with Crippen molar-refractivity contribution < 1.29 is 0 Å². The van der Waals surface area contributed by atoms with Gasteiger partial charge in [-0.05, 0) is 23.6 Å². The average Bonchev–Trinajstić information content (AvgIpc) is 2.97. The summed E-state index contributed by atoms with van der Waals surface area (Å²) in [7, 11) is 0. The number of aryl methyl sites for hydroxylation is 1. The van der Waals surface area contributed by atoms with Crippen LogP contribution < -0.4 is 15.7 Å². The Morgan fingerprint density at radius 1 is 1.04 bits per heavy atom. The van der Waals surface area contributed by atoms with Crippen LogP contribution in [0.3, 0.4) is 0 Å².